The molecule has 0 aliphatic carbocycles. The quantitative estimate of drug-likeness (QED) is 0.797. The summed E-state index contributed by atoms with van der Waals surface area (Å²) in [6.45, 7) is 5.33. The maximum atomic E-state index is 12.4. The van der Waals surface area contributed by atoms with Crippen LogP contribution in [-0.2, 0) is 18.4 Å². The summed E-state index contributed by atoms with van der Waals surface area (Å²) in [7, 11) is 5.96. The molecular formula is C18H32N6O. The highest BCUT2D eigenvalue weighted by Gasteiger charge is 2.28. The summed E-state index contributed by atoms with van der Waals surface area (Å²) in [6.07, 6.45) is 6.05. The Labute approximate surface area is 151 Å². The molecule has 0 N–H and O–H groups in total. The van der Waals surface area contributed by atoms with Crippen LogP contribution in [0.3, 0.4) is 0 Å². The fourth-order valence-electron chi connectivity index (χ4n) is 3.97. The molecule has 0 saturated carbocycles. The predicted octanol–water partition coefficient (Wildman–Crippen LogP) is 1.07. The van der Waals surface area contributed by atoms with E-state index >= 15 is 0 Å². The van der Waals surface area contributed by atoms with E-state index in [-0.39, 0.29) is 5.91 Å². The fourth-order valence-corrected chi connectivity index (χ4v) is 3.97. The lowest BCUT2D eigenvalue weighted by Crippen LogP contribution is -2.43. The number of piperidine rings is 2. The summed E-state index contributed by atoms with van der Waals surface area (Å²) in [5, 5.41) is 8.96. The van der Waals surface area contributed by atoms with Crippen molar-refractivity contribution >= 4 is 5.91 Å². The topological polar surface area (TPSA) is 57.5 Å². The van der Waals surface area contributed by atoms with E-state index in [2.05, 4.69) is 26.7 Å². The molecule has 1 atom stereocenters. The van der Waals surface area contributed by atoms with Gasteiger partial charge in [0.15, 0.2) is 0 Å². The van der Waals surface area contributed by atoms with Gasteiger partial charge in [-0.25, -0.2) is 0 Å². The van der Waals surface area contributed by atoms with Crippen LogP contribution in [0.4, 0.5) is 0 Å². The molecule has 7 nitrogen and oxygen atoms in total. The van der Waals surface area contributed by atoms with Crippen LogP contribution >= 0.6 is 0 Å². The summed E-state index contributed by atoms with van der Waals surface area (Å²) >= 11 is 0. The van der Waals surface area contributed by atoms with E-state index in [9.17, 15) is 4.79 Å². The fraction of sp³-hybridized carbons (Fsp3) is 0.833. The second-order valence-electron chi connectivity index (χ2n) is 7.79. The first-order chi connectivity index (χ1) is 12.0. The molecule has 1 amide bonds. The Balaban J connectivity index is 1.64. The van der Waals surface area contributed by atoms with E-state index in [1.165, 1.54) is 32.4 Å². The lowest BCUT2D eigenvalue weighted by Gasteiger charge is -2.33. The van der Waals surface area contributed by atoms with Gasteiger partial charge in [0, 0.05) is 26.1 Å². The number of hydrogen-bond acceptors (Lipinski definition) is 5. The minimum atomic E-state index is 0.213. The minimum Gasteiger partial charge on any atom is -0.341 e. The van der Waals surface area contributed by atoms with Crippen molar-refractivity contribution in [2.75, 3.05) is 46.8 Å². The molecule has 0 bridgehead atoms. The van der Waals surface area contributed by atoms with Crippen LogP contribution in [0, 0.1) is 0 Å². The number of carbonyl (C=O) groups excluding carboxylic acids is 1. The summed E-state index contributed by atoms with van der Waals surface area (Å²) in [5.74, 6) is 2.60. The van der Waals surface area contributed by atoms with Crippen molar-refractivity contribution in [3.63, 3.8) is 0 Å². The monoisotopic (exact) mass is 348 g/mol. The normalized spacial score (nSPS) is 22.6. The predicted molar refractivity (Wildman–Crippen MR) is 97.2 cm³/mol. The zero-order valence-electron chi connectivity index (χ0n) is 15.9. The second-order valence-corrected chi connectivity index (χ2v) is 7.79. The first kappa shape index (κ1) is 18.3. The molecule has 0 aromatic carbocycles. The second kappa shape index (κ2) is 8.27. The lowest BCUT2D eigenvalue weighted by atomic mass is 9.97. The van der Waals surface area contributed by atoms with Gasteiger partial charge in [0.2, 0.25) is 5.91 Å². The molecule has 3 heterocycles. The molecule has 2 fully saturated rings. The van der Waals surface area contributed by atoms with Crippen molar-refractivity contribution in [1.82, 2.24) is 29.5 Å². The zero-order chi connectivity index (χ0) is 17.8. The van der Waals surface area contributed by atoms with Gasteiger partial charge < -0.3 is 14.4 Å². The van der Waals surface area contributed by atoms with Crippen LogP contribution in [-0.4, -0.2) is 82.2 Å². The molecule has 0 radical (unpaired) electrons. The highest BCUT2D eigenvalue weighted by Crippen LogP contribution is 2.26. The summed E-state index contributed by atoms with van der Waals surface area (Å²) in [5.41, 5.74) is 0. The Morgan fingerprint density at radius 2 is 1.88 bits per heavy atom. The van der Waals surface area contributed by atoms with Gasteiger partial charge in [-0.05, 0) is 52.9 Å². The van der Waals surface area contributed by atoms with Crippen LogP contribution in [0.2, 0.25) is 0 Å². The zero-order valence-corrected chi connectivity index (χ0v) is 15.9. The molecule has 3 rings (SSSR count). The first-order valence-electron chi connectivity index (χ1n) is 9.57. The van der Waals surface area contributed by atoms with Crippen LogP contribution in [0.25, 0.3) is 0 Å². The number of likely N-dealkylation sites (N-methyl/N-ethyl adjacent to an activating group) is 1. The van der Waals surface area contributed by atoms with Crippen LogP contribution < -0.4 is 0 Å². The van der Waals surface area contributed by atoms with E-state index in [4.69, 9.17) is 0 Å². The number of carbonyl (C=O) groups is 1. The van der Waals surface area contributed by atoms with Crippen molar-refractivity contribution in [3.8, 4) is 0 Å². The Morgan fingerprint density at radius 1 is 1.12 bits per heavy atom. The number of aromatic nitrogens is 3. The Morgan fingerprint density at radius 3 is 2.60 bits per heavy atom. The number of likely N-dealkylation sites (tertiary alicyclic amines) is 2. The van der Waals surface area contributed by atoms with Crippen LogP contribution in [0.5, 0.6) is 0 Å². The van der Waals surface area contributed by atoms with Crippen LogP contribution in [0.1, 0.15) is 49.7 Å². The molecule has 25 heavy (non-hydrogen) atoms. The van der Waals surface area contributed by atoms with E-state index in [1.54, 1.807) is 0 Å². The van der Waals surface area contributed by atoms with Crippen molar-refractivity contribution < 1.29 is 4.79 Å². The summed E-state index contributed by atoms with van der Waals surface area (Å²) in [6, 6.07) is 0. The third kappa shape index (κ3) is 4.58. The average Bonchev–Trinajstić information content (AvgIpc) is 2.96. The molecule has 2 aliphatic heterocycles. The van der Waals surface area contributed by atoms with Gasteiger partial charge in [0.1, 0.15) is 11.6 Å². The molecule has 2 aliphatic rings. The molecule has 7 heteroatoms. The van der Waals surface area contributed by atoms with Gasteiger partial charge in [0.25, 0.3) is 0 Å². The number of hydrogen-bond donors (Lipinski definition) is 0. The molecule has 2 saturated heterocycles. The standard InChI is InChI=1S/C18H32N6O/c1-21(2)14-17(25)24-11-7-8-15(12-24)18-20-19-16(22(18)3)13-23-9-5-4-6-10-23/h15H,4-14H2,1-3H3. The summed E-state index contributed by atoms with van der Waals surface area (Å²) in [4.78, 5) is 18.8. The largest absolute Gasteiger partial charge is 0.341 e. The van der Waals surface area contributed by atoms with Gasteiger partial charge >= 0.3 is 0 Å². The third-order valence-corrected chi connectivity index (χ3v) is 5.40. The molecule has 1 aromatic rings. The number of rotatable bonds is 5. The van der Waals surface area contributed by atoms with Crippen molar-refractivity contribution in [2.24, 2.45) is 7.05 Å². The number of nitrogens with zero attached hydrogens (tertiary/aromatic N) is 6. The van der Waals surface area contributed by atoms with E-state index in [0.717, 1.165) is 44.1 Å². The van der Waals surface area contributed by atoms with E-state index in [1.807, 2.05) is 23.9 Å². The van der Waals surface area contributed by atoms with Crippen molar-refractivity contribution in [1.29, 1.82) is 0 Å². The van der Waals surface area contributed by atoms with E-state index in [0.29, 0.717) is 12.5 Å². The van der Waals surface area contributed by atoms with Gasteiger partial charge in [-0.3, -0.25) is 9.69 Å². The van der Waals surface area contributed by atoms with E-state index < -0.39 is 0 Å². The van der Waals surface area contributed by atoms with Crippen LogP contribution in [0.15, 0.2) is 0 Å². The number of amides is 1. The maximum absolute atomic E-state index is 12.4. The van der Waals surface area contributed by atoms with Gasteiger partial charge in [-0.15, -0.1) is 10.2 Å². The summed E-state index contributed by atoms with van der Waals surface area (Å²) < 4.78 is 2.17. The highest BCUT2D eigenvalue weighted by atomic mass is 16.2. The first-order valence-corrected chi connectivity index (χ1v) is 9.57. The Hall–Kier alpha value is -1.47. The maximum Gasteiger partial charge on any atom is 0.236 e. The Kier molecular flexibility index (Phi) is 6.06. The van der Waals surface area contributed by atoms with Crippen molar-refractivity contribution in [3.05, 3.63) is 11.6 Å². The molecule has 140 valence electrons. The minimum absolute atomic E-state index is 0.213. The third-order valence-electron chi connectivity index (χ3n) is 5.40. The van der Waals surface area contributed by atoms with Crippen molar-refractivity contribution in [2.45, 2.75) is 44.6 Å². The highest BCUT2D eigenvalue weighted by molar-refractivity contribution is 5.78. The average molecular weight is 348 g/mol. The lowest BCUT2D eigenvalue weighted by molar-refractivity contribution is -0.133. The molecule has 1 unspecified atom stereocenters. The molecule has 1 aromatic heterocycles. The van der Waals surface area contributed by atoms with Gasteiger partial charge in [-0.2, -0.15) is 0 Å². The molecule has 0 spiro atoms. The van der Waals surface area contributed by atoms with Gasteiger partial charge in [-0.1, -0.05) is 6.42 Å². The molecular weight excluding hydrogens is 316 g/mol. The SMILES string of the molecule is CN(C)CC(=O)N1CCCC(c2nnc(CN3CCCCC3)n2C)C1. The van der Waals surface area contributed by atoms with Gasteiger partial charge in [0.05, 0.1) is 13.1 Å². The smallest absolute Gasteiger partial charge is 0.236 e. The Bertz CT molecular complexity index is 578.